The molecule has 7 heteroatoms. The van der Waals surface area contributed by atoms with Gasteiger partial charge in [0.15, 0.2) is 0 Å². The van der Waals surface area contributed by atoms with Crippen LogP contribution in [0.5, 0.6) is 5.75 Å². The zero-order chi connectivity index (χ0) is 22.9. The van der Waals surface area contributed by atoms with Crippen molar-refractivity contribution in [3.8, 4) is 23.1 Å². The van der Waals surface area contributed by atoms with Crippen LogP contribution in [0, 0.1) is 11.3 Å². The Kier molecular flexibility index (Phi) is 6.88. The second kappa shape index (κ2) is 10.6. The molecular weight excluding hydrogens is 414 g/mol. The van der Waals surface area contributed by atoms with Gasteiger partial charge in [-0.2, -0.15) is 10.4 Å². The monoisotopic (exact) mass is 435 g/mol. The Morgan fingerprint density at radius 2 is 1.70 bits per heavy atom. The smallest absolute Gasteiger partial charge is 0.270 e. The van der Waals surface area contributed by atoms with E-state index in [1.165, 1.54) is 5.56 Å². The van der Waals surface area contributed by atoms with Crippen LogP contribution in [0.15, 0.2) is 94.8 Å². The van der Waals surface area contributed by atoms with Crippen molar-refractivity contribution in [2.75, 3.05) is 12.0 Å². The van der Waals surface area contributed by atoms with Gasteiger partial charge in [0.2, 0.25) is 5.95 Å². The number of aromatic amines is 1. The maximum Gasteiger partial charge on any atom is 0.270 e. The zero-order valence-corrected chi connectivity index (χ0v) is 17.7. The summed E-state index contributed by atoms with van der Waals surface area (Å²) in [6.07, 6.45) is 2.45. The molecule has 0 saturated carbocycles. The Balaban J connectivity index is 1.38. The third-order valence-electron chi connectivity index (χ3n) is 4.84. The van der Waals surface area contributed by atoms with E-state index in [2.05, 4.69) is 32.6 Å². The number of anilines is 1. The quantitative estimate of drug-likeness (QED) is 0.316. The molecule has 7 nitrogen and oxygen atoms in total. The lowest BCUT2D eigenvalue weighted by molar-refractivity contribution is 0.322. The molecule has 4 aromatic rings. The molecule has 4 rings (SSSR count). The van der Waals surface area contributed by atoms with Crippen LogP contribution in [-0.2, 0) is 6.42 Å². The van der Waals surface area contributed by atoms with E-state index in [1.807, 2.05) is 66.7 Å². The second-order valence-corrected chi connectivity index (χ2v) is 7.14. The highest BCUT2D eigenvalue weighted by atomic mass is 16.5. The highest BCUT2D eigenvalue weighted by molar-refractivity contribution is 5.80. The van der Waals surface area contributed by atoms with Crippen LogP contribution in [0.3, 0.4) is 0 Å². The van der Waals surface area contributed by atoms with Crippen LogP contribution in [-0.4, -0.2) is 22.8 Å². The first kappa shape index (κ1) is 21.5. The minimum atomic E-state index is -0.527. The van der Waals surface area contributed by atoms with E-state index in [0.717, 1.165) is 17.7 Å². The number of rotatable bonds is 8. The number of hydrazone groups is 1. The van der Waals surface area contributed by atoms with E-state index in [9.17, 15) is 10.1 Å². The molecule has 0 bridgehead atoms. The fourth-order valence-electron chi connectivity index (χ4n) is 3.18. The predicted molar refractivity (Wildman–Crippen MR) is 128 cm³/mol. The SMILES string of the molecule is N#Cc1c(-c2ccccc2)nc(NN=Cc2ccc(OCCc3ccccc3)cc2)[nH]c1=O. The number of ether oxygens (including phenoxy) is 1. The maximum absolute atomic E-state index is 12.3. The zero-order valence-electron chi connectivity index (χ0n) is 17.7. The van der Waals surface area contributed by atoms with Crippen molar-refractivity contribution in [3.63, 3.8) is 0 Å². The van der Waals surface area contributed by atoms with Crippen LogP contribution >= 0.6 is 0 Å². The number of nitriles is 1. The van der Waals surface area contributed by atoms with Gasteiger partial charge in [0, 0.05) is 12.0 Å². The number of aromatic nitrogens is 2. The molecule has 0 aliphatic carbocycles. The second-order valence-electron chi connectivity index (χ2n) is 7.14. The van der Waals surface area contributed by atoms with Gasteiger partial charge in [-0.15, -0.1) is 0 Å². The normalized spacial score (nSPS) is 10.6. The third kappa shape index (κ3) is 5.71. The highest BCUT2D eigenvalue weighted by Gasteiger charge is 2.12. The van der Waals surface area contributed by atoms with E-state index in [1.54, 1.807) is 18.3 Å². The van der Waals surface area contributed by atoms with Crippen LogP contribution < -0.4 is 15.7 Å². The van der Waals surface area contributed by atoms with E-state index in [-0.39, 0.29) is 11.5 Å². The first-order chi connectivity index (χ1) is 16.2. The van der Waals surface area contributed by atoms with E-state index >= 15 is 0 Å². The Morgan fingerprint density at radius 3 is 2.39 bits per heavy atom. The lowest BCUT2D eigenvalue weighted by atomic mass is 10.1. The molecule has 0 radical (unpaired) electrons. The molecule has 0 amide bonds. The summed E-state index contributed by atoms with van der Waals surface area (Å²) >= 11 is 0. The molecule has 0 aliphatic heterocycles. The number of H-pyrrole nitrogens is 1. The molecule has 1 aromatic heterocycles. The molecule has 0 saturated heterocycles. The van der Waals surface area contributed by atoms with Gasteiger partial charge in [-0.05, 0) is 35.4 Å². The van der Waals surface area contributed by atoms with E-state index in [0.29, 0.717) is 17.9 Å². The molecule has 0 spiro atoms. The Labute approximate surface area is 191 Å². The minimum Gasteiger partial charge on any atom is -0.493 e. The van der Waals surface area contributed by atoms with Crippen molar-refractivity contribution < 1.29 is 4.74 Å². The number of hydrogen-bond acceptors (Lipinski definition) is 6. The minimum absolute atomic E-state index is 0.0430. The largest absolute Gasteiger partial charge is 0.493 e. The fraction of sp³-hybridized carbons (Fsp3) is 0.0769. The van der Waals surface area contributed by atoms with Gasteiger partial charge < -0.3 is 4.74 Å². The van der Waals surface area contributed by atoms with E-state index in [4.69, 9.17) is 4.74 Å². The van der Waals surface area contributed by atoms with Crippen molar-refractivity contribution in [1.82, 2.24) is 9.97 Å². The first-order valence-corrected chi connectivity index (χ1v) is 10.4. The number of hydrogen-bond donors (Lipinski definition) is 2. The van der Waals surface area contributed by atoms with Gasteiger partial charge in [0.1, 0.15) is 17.4 Å². The van der Waals surface area contributed by atoms with Crippen LogP contribution in [0.25, 0.3) is 11.3 Å². The summed E-state index contributed by atoms with van der Waals surface area (Å²) in [5.41, 5.74) is 5.21. The maximum atomic E-state index is 12.3. The molecule has 2 N–H and O–H groups in total. The Bertz CT molecular complexity index is 1330. The summed E-state index contributed by atoms with van der Waals surface area (Å²) < 4.78 is 5.79. The van der Waals surface area contributed by atoms with Gasteiger partial charge >= 0.3 is 0 Å². The van der Waals surface area contributed by atoms with Gasteiger partial charge in [0.05, 0.1) is 18.5 Å². The van der Waals surface area contributed by atoms with Gasteiger partial charge in [-0.25, -0.2) is 10.4 Å². The van der Waals surface area contributed by atoms with Crippen molar-refractivity contribution >= 4 is 12.2 Å². The topological polar surface area (TPSA) is 103 Å². The molecule has 0 fully saturated rings. The van der Waals surface area contributed by atoms with Gasteiger partial charge in [0.25, 0.3) is 5.56 Å². The average molecular weight is 435 g/mol. The van der Waals surface area contributed by atoms with Crippen molar-refractivity contribution in [2.24, 2.45) is 5.10 Å². The van der Waals surface area contributed by atoms with Crippen molar-refractivity contribution in [1.29, 1.82) is 5.26 Å². The average Bonchev–Trinajstić information content (AvgIpc) is 2.86. The predicted octanol–water partition coefficient (Wildman–Crippen LogP) is 4.38. The molecule has 0 aliphatic rings. The number of nitrogens with one attached hydrogen (secondary N) is 2. The fourth-order valence-corrected chi connectivity index (χ4v) is 3.18. The molecule has 0 unspecified atom stereocenters. The lowest BCUT2D eigenvalue weighted by Crippen LogP contribution is -2.16. The molecule has 1 heterocycles. The first-order valence-electron chi connectivity index (χ1n) is 10.4. The van der Waals surface area contributed by atoms with Crippen LogP contribution in [0.2, 0.25) is 0 Å². The van der Waals surface area contributed by atoms with Gasteiger partial charge in [-0.3, -0.25) is 9.78 Å². The Morgan fingerprint density at radius 1 is 1.00 bits per heavy atom. The van der Waals surface area contributed by atoms with E-state index < -0.39 is 5.56 Å². The lowest BCUT2D eigenvalue weighted by Gasteiger charge is -2.07. The highest BCUT2D eigenvalue weighted by Crippen LogP contribution is 2.19. The van der Waals surface area contributed by atoms with Crippen LogP contribution in [0.1, 0.15) is 16.7 Å². The summed E-state index contributed by atoms with van der Waals surface area (Å²) in [6, 6.07) is 28.7. The standard InChI is InChI=1S/C26H21N5O2/c27-17-23-24(21-9-5-2-6-10-21)29-26(30-25(23)32)31-28-18-20-11-13-22(14-12-20)33-16-15-19-7-3-1-4-8-19/h1-14,18H,15-16H2,(H2,29,30,31,32). The molecule has 33 heavy (non-hydrogen) atoms. The number of benzene rings is 3. The Hall–Kier alpha value is -4.70. The summed E-state index contributed by atoms with van der Waals surface area (Å²) in [4.78, 5) is 19.2. The molecule has 162 valence electrons. The summed E-state index contributed by atoms with van der Waals surface area (Å²) in [7, 11) is 0. The van der Waals surface area contributed by atoms with Gasteiger partial charge in [-0.1, -0.05) is 60.7 Å². The molecular formula is C26H21N5O2. The summed E-state index contributed by atoms with van der Waals surface area (Å²) in [5.74, 6) is 0.927. The molecule has 3 aromatic carbocycles. The third-order valence-corrected chi connectivity index (χ3v) is 4.84. The molecule has 0 atom stereocenters. The van der Waals surface area contributed by atoms with Crippen LogP contribution in [0.4, 0.5) is 5.95 Å². The summed E-state index contributed by atoms with van der Waals surface area (Å²) in [6.45, 7) is 0.598. The summed E-state index contributed by atoms with van der Waals surface area (Å²) in [5, 5.41) is 13.5. The van der Waals surface area contributed by atoms with Crippen molar-refractivity contribution in [2.45, 2.75) is 6.42 Å². The number of nitrogens with zero attached hydrogens (tertiary/aromatic N) is 3. The van der Waals surface area contributed by atoms with Crippen molar-refractivity contribution in [3.05, 3.63) is 112 Å².